The first kappa shape index (κ1) is 23.2. The molecule has 1 N–H and O–H groups in total. The monoisotopic (exact) mass is 476 g/mol. The van der Waals surface area contributed by atoms with Gasteiger partial charge >= 0.3 is 0 Å². The maximum absolute atomic E-state index is 13.7. The molecular weight excluding hydrogens is 448 g/mol. The van der Waals surface area contributed by atoms with Gasteiger partial charge < -0.3 is 10.1 Å². The normalized spacial score (nSPS) is 19.4. The Morgan fingerprint density at radius 1 is 1.06 bits per heavy atom. The quantitative estimate of drug-likeness (QED) is 0.688. The highest BCUT2D eigenvalue weighted by molar-refractivity contribution is 7.89. The molecule has 2 fully saturated rings. The largest absolute Gasteiger partial charge is 0.379 e. The lowest BCUT2D eigenvalue weighted by Gasteiger charge is -2.36. The Morgan fingerprint density at radius 2 is 1.78 bits per heavy atom. The zero-order chi connectivity index (χ0) is 22.8. The molecule has 0 bridgehead atoms. The van der Waals surface area contributed by atoms with Crippen LogP contribution in [0.1, 0.15) is 43.2 Å². The Labute approximate surface area is 195 Å². The number of amides is 1. The fourth-order valence-corrected chi connectivity index (χ4v) is 6.29. The van der Waals surface area contributed by atoms with Crippen molar-refractivity contribution in [3.05, 3.63) is 58.6 Å². The zero-order valence-electron chi connectivity index (χ0n) is 18.3. The van der Waals surface area contributed by atoms with Crippen molar-refractivity contribution in [3.63, 3.8) is 0 Å². The second-order valence-corrected chi connectivity index (χ2v) is 11.0. The number of halogens is 1. The first-order chi connectivity index (χ1) is 15.3. The van der Waals surface area contributed by atoms with Crippen molar-refractivity contribution in [1.29, 1.82) is 0 Å². The van der Waals surface area contributed by atoms with Gasteiger partial charge in [-0.05, 0) is 55.2 Å². The molecule has 0 spiro atoms. The third kappa shape index (κ3) is 4.57. The molecule has 2 aromatic rings. The lowest BCUT2D eigenvalue weighted by Crippen LogP contribution is -2.42. The highest BCUT2D eigenvalue weighted by atomic mass is 35.5. The number of carbonyl (C=O) groups excluding carboxylic acids is 1. The second-order valence-electron chi connectivity index (χ2n) is 8.60. The lowest BCUT2D eigenvalue weighted by molar-refractivity contribution is -0.122. The molecule has 0 unspecified atom stereocenters. The second kappa shape index (κ2) is 9.51. The van der Waals surface area contributed by atoms with Crippen LogP contribution in [-0.4, -0.2) is 44.9 Å². The minimum Gasteiger partial charge on any atom is -0.379 e. The number of hydrogen-bond donors (Lipinski definition) is 1. The van der Waals surface area contributed by atoms with Crippen LogP contribution < -0.4 is 5.32 Å². The summed E-state index contributed by atoms with van der Waals surface area (Å²) in [5.74, 6) is -0.108. The Morgan fingerprint density at radius 3 is 2.47 bits per heavy atom. The third-order valence-corrected chi connectivity index (χ3v) is 8.71. The van der Waals surface area contributed by atoms with Gasteiger partial charge in [-0.2, -0.15) is 4.31 Å². The van der Waals surface area contributed by atoms with Gasteiger partial charge in [0.25, 0.3) is 0 Å². The van der Waals surface area contributed by atoms with Gasteiger partial charge in [-0.1, -0.05) is 49.1 Å². The summed E-state index contributed by atoms with van der Waals surface area (Å²) in [6.07, 6.45) is 4.50. The number of ether oxygens (including phenoxy) is 1. The molecule has 1 amide bonds. The summed E-state index contributed by atoms with van der Waals surface area (Å²) in [6.45, 7) is 3.30. The van der Waals surface area contributed by atoms with Crippen molar-refractivity contribution < 1.29 is 17.9 Å². The van der Waals surface area contributed by atoms with Crippen LogP contribution in [0.2, 0.25) is 5.02 Å². The van der Waals surface area contributed by atoms with Crippen LogP contribution in [0.3, 0.4) is 0 Å². The minimum atomic E-state index is -3.65. The van der Waals surface area contributed by atoms with E-state index in [-0.39, 0.29) is 10.8 Å². The van der Waals surface area contributed by atoms with Crippen molar-refractivity contribution in [2.24, 2.45) is 0 Å². The fourth-order valence-electron chi connectivity index (χ4n) is 4.66. The average molecular weight is 477 g/mol. The van der Waals surface area contributed by atoms with Gasteiger partial charge in [0.2, 0.25) is 15.9 Å². The highest BCUT2D eigenvalue weighted by Gasteiger charge is 2.41. The Hall–Kier alpha value is -1.93. The number of morpholine rings is 1. The molecule has 8 heteroatoms. The van der Waals surface area contributed by atoms with Gasteiger partial charge in [-0.15, -0.1) is 0 Å². The van der Waals surface area contributed by atoms with E-state index in [1.807, 2.05) is 31.2 Å². The van der Waals surface area contributed by atoms with E-state index in [1.165, 1.54) is 4.31 Å². The topological polar surface area (TPSA) is 75.7 Å². The SMILES string of the molecule is Cc1ccc(S(=O)(=O)N2CCOCC2)cc1NC(=O)C1(c2cccc(Cl)c2)CCCCC1. The molecule has 2 aromatic carbocycles. The van der Waals surface area contributed by atoms with Gasteiger partial charge in [0.05, 0.1) is 23.5 Å². The third-order valence-electron chi connectivity index (χ3n) is 6.58. The molecule has 0 atom stereocenters. The van der Waals surface area contributed by atoms with Crippen LogP contribution in [0.4, 0.5) is 5.69 Å². The van der Waals surface area contributed by atoms with Gasteiger partial charge in [0.1, 0.15) is 0 Å². The van der Waals surface area contributed by atoms with E-state index in [1.54, 1.807) is 18.2 Å². The van der Waals surface area contributed by atoms with Crippen LogP contribution in [0.5, 0.6) is 0 Å². The van der Waals surface area contributed by atoms with Crippen LogP contribution in [0.25, 0.3) is 0 Å². The number of carbonyl (C=O) groups is 1. The smallest absolute Gasteiger partial charge is 0.243 e. The zero-order valence-corrected chi connectivity index (χ0v) is 19.8. The van der Waals surface area contributed by atoms with E-state index >= 15 is 0 Å². The van der Waals surface area contributed by atoms with Crippen molar-refractivity contribution >= 4 is 33.2 Å². The van der Waals surface area contributed by atoms with Crippen molar-refractivity contribution in [3.8, 4) is 0 Å². The molecule has 32 heavy (non-hydrogen) atoms. The molecule has 1 aliphatic carbocycles. The molecule has 4 rings (SSSR count). The molecule has 1 saturated carbocycles. The van der Waals surface area contributed by atoms with Gasteiger partial charge in [-0.25, -0.2) is 8.42 Å². The number of aryl methyl sites for hydroxylation is 1. The first-order valence-electron chi connectivity index (χ1n) is 11.1. The van der Waals surface area contributed by atoms with Gasteiger partial charge in [-0.3, -0.25) is 4.79 Å². The molecule has 1 aliphatic heterocycles. The Bertz CT molecular complexity index is 1090. The predicted octanol–water partition coefficient (Wildman–Crippen LogP) is 4.51. The standard InChI is InChI=1S/C24H29ClN2O4S/c1-18-8-9-21(32(29,30)27-12-14-31-15-13-27)17-22(18)26-23(28)24(10-3-2-4-11-24)19-6-5-7-20(25)16-19/h5-9,16-17H,2-4,10-15H2,1H3,(H,26,28). The fraction of sp³-hybridized carbons (Fsp3) is 0.458. The molecule has 6 nitrogen and oxygen atoms in total. The molecule has 172 valence electrons. The maximum atomic E-state index is 13.7. The summed E-state index contributed by atoms with van der Waals surface area (Å²) in [4.78, 5) is 13.9. The number of anilines is 1. The van der Waals surface area contributed by atoms with E-state index in [4.69, 9.17) is 16.3 Å². The summed E-state index contributed by atoms with van der Waals surface area (Å²) in [5, 5.41) is 3.67. The number of nitrogens with zero attached hydrogens (tertiary/aromatic N) is 1. The molecular formula is C24H29ClN2O4S. The highest BCUT2D eigenvalue weighted by Crippen LogP contribution is 2.41. The lowest BCUT2D eigenvalue weighted by atomic mass is 9.68. The number of benzene rings is 2. The number of rotatable bonds is 5. The van der Waals surface area contributed by atoms with Crippen LogP contribution in [-0.2, 0) is 25.0 Å². The molecule has 1 saturated heterocycles. The van der Waals surface area contributed by atoms with Gasteiger partial charge in [0, 0.05) is 23.8 Å². The Kier molecular flexibility index (Phi) is 6.91. The van der Waals surface area contributed by atoms with Crippen molar-refractivity contribution in [2.75, 3.05) is 31.6 Å². The van der Waals surface area contributed by atoms with E-state index < -0.39 is 15.4 Å². The van der Waals surface area contributed by atoms with Crippen LogP contribution >= 0.6 is 11.6 Å². The van der Waals surface area contributed by atoms with Gasteiger partial charge in [0.15, 0.2) is 0 Å². The summed E-state index contributed by atoms with van der Waals surface area (Å²) >= 11 is 6.25. The van der Waals surface area contributed by atoms with E-state index in [2.05, 4.69) is 5.32 Å². The average Bonchev–Trinajstić information content (AvgIpc) is 2.81. The molecule has 0 aromatic heterocycles. The summed E-state index contributed by atoms with van der Waals surface area (Å²) in [5.41, 5.74) is 1.58. The van der Waals surface area contributed by atoms with E-state index in [0.29, 0.717) is 37.0 Å². The summed E-state index contributed by atoms with van der Waals surface area (Å²) < 4.78 is 32.9. The molecule has 2 aliphatic rings. The number of nitrogens with one attached hydrogen (secondary N) is 1. The van der Waals surface area contributed by atoms with E-state index in [0.717, 1.165) is 43.2 Å². The maximum Gasteiger partial charge on any atom is 0.243 e. The predicted molar refractivity (Wildman–Crippen MR) is 126 cm³/mol. The first-order valence-corrected chi connectivity index (χ1v) is 12.9. The van der Waals surface area contributed by atoms with Crippen LogP contribution in [0.15, 0.2) is 47.4 Å². The molecule has 0 radical (unpaired) electrons. The number of sulfonamides is 1. The van der Waals surface area contributed by atoms with E-state index in [9.17, 15) is 13.2 Å². The number of hydrogen-bond acceptors (Lipinski definition) is 4. The minimum absolute atomic E-state index is 0.108. The Balaban J connectivity index is 1.65. The summed E-state index contributed by atoms with van der Waals surface area (Å²) in [7, 11) is -3.65. The van der Waals surface area contributed by atoms with Crippen molar-refractivity contribution in [1.82, 2.24) is 4.31 Å². The van der Waals surface area contributed by atoms with Crippen molar-refractivity contribution in [2.45, 2.75) is 49.3 Å². The molecule has 1 heterocycles. The van der Waals surface area contributed by atoms with Crippen LogP contribution in [0, 0.1) is 6.92 Å². The summed E-state index contributed by atoms with van der Waals surface area (Å²) in [6, 6.07) is 12.4.